The summed E-state index contributed by atoms with van der Waals surface area (Å²) in [5.74, 6) is -1.65. The quantitative estimate of drug-likeness (QED) is 0.454. The third kappa shape index (κ3) is 4.98. The first-order valence-electron chi connectivity index (χ1n) is 9.15. The van der Waals surface area contributed by atoms with E-state index in [1.165, 1.54) is 22.5 Å². The molecule has 30 heavy (non-hydrogen) atoms. The van der Waals surface area contributed by atoms with Gasteiger partial charge in [-0.2, -0.15) is 23.2 Å². The Morgan fingerprint density at radius 1 is 1.33 bits per heavy atom. The molecule has 4 rings (SSSR count). The molecule has 9 nitrogen and oxygen atoms in total. The lowest BCUT2D eigenvalue weighted by atomic mass is 10.2. The van der Waals surface area contributed by atoms with Crippen molar-refractivity contribution in [2.45, 2.75) is 23.4 Å². The van der Waals surface area contributed by atoms with Crippen molar-refractivity contribution in [1.82, 2.24) is 19.8 Å². The van der Waals surface area contributed by atoms with E-state index in [2.05, 4.69) is 20.2 Å². The zero-order chi connectivity index (χ0) is 21.1. The highest BCUT2D eigenvalue weighted by Crippen LogP contribution is 2.27. The number of rotatable bonds is 8. The molecule has 1 aromatic carbocycles. The first-order chi connectivity index (χ1) is 14.4. The maximum Gasteiger partial charge on any atom is 0.302 e. The van der Waals surface area contributed by atoms with Crippen LogP contribution in [-0.4, -0.2) is 55.0 Å². The number of hydroxylamine groups is 1. The fraction of sp³-hybridized carbons (Fsp3) is 0.412. The fourth-order valence-corrected chi connectivity index (χ4v) is 4.78. The van der Waals surface area contributed by atoms with Crippen LogP contribution in [0.4, 0.5) is 14.6 Å². The summed E-state index contributed by atoms with van der Waals surface area (Å²) in [7, 11) is -3.74. The molecule has 3 heterocycles. The van der Waals surface area contributed by atoms with Crippen LogP contribution < -0.4 is 14.9 Å². The summed E-state index contributed by atoms with van der Waals surface area (Å²) >= 11 is 1.03. The highest BCUT2D eigenvalue weighted by molar-refractivity contribution is 7.98. The third-order valence-electron chi connectivity index (χ3n) is 4.43. The van der Waals surface area contributed by atoms with Gasteiger partial charge in [0.05, 0.1) is 6.54 Å². The third-order valence-corrected chi connectivity index (χ3v) is 6.84. The number of hydrogen-bond donors (Lipinski definition) is 2. The van der Waals surface area contributed by atoms with Crippen LogP contribution in [0.5, 0.6) is 5.88 Å². The van der Waals surface area contributed by atoms with Gasteiger partial charge in [-0.05, 0) is 12.5 Å². The van der Waals surface area contributed by atoms with Crippen molar-refractivity contribution in [3.05, 3.63) is 41.5 Å². The summed E-state index contributed by atoms with van der Waals surface area (Å²) in [6.07, 6.45) is 0.492. The molecule has 162 valence electrons. The summed E-state index contributed by atoms with van der Waals surface area (Å²) in [5, 5.41) is 0.157. The smallest absolute Gasteiger partial charge is 0.302 e. The first kappa shape index (κ1) is 21.2. The molecular formula is C17H19F2N5O4S2. The van der Waals surface area contributed by atoms with Crippen LogP contribution >= 0.6 is 11.8 Å². The van der Waals surface area contributed by atoms with Gasteiger partial charge >= 0.3 is 10.2 Å². The molecule has 0 aliphatic carbocycles. The summed E-state index contributed by atoms with van der Waals surface area (Å²) < 4.78 is 61.6. The van der Waals surface area contributed by atoms with Crippen molar-refractivity contribution in [1.29, 1.82) is 0 Å². The average Bonchev–Trinajstić information content (AvgIpc) is 3.13. The first-order valence-corrected chi connectivity index (χ1v) is 11.6. The Morgan fingerprint density at radius 3 is 2.87 bits per heavy atom. The predicted molar refractivity (Wildman–Crippen MR) is 105 cm³/mol. The Hall–Kier alpha value is -2.06. The lowest BCUT2D eigenvalue weighted by molar-refractivity contribution is 0.0832. The molecule has 0 saturated carbocycles. The van der Waals surface area contributed by atoms with Crippen LogP contribution in [0.25, 0.3) is 0 Å². The monoisotopic (exact) mass is 459 g/mol. The number of hydrogen-bond acceptors (Lipinski definition) is 8. The van der Waals surface area contributed by atoms with E-state index in [4.69, 9.17) is 9.57 Å². The Kier molecular flexibility index (Phi) is 6.34. The van der Waals surface area contributed by atoms with Gasteiger partial charge in [0, 0.05) is 30.5 Å². The number of thioether (sulfide) groups is 1. The molecule has 13 heteroatoms. The number of halogens is 2. The Bertz CT molecular complexity index is 1020. The van der Waals surface area contributed by atoms with Crippen molar-refractivity contribution in [2.75, 3.05) is 31.0 Å². The molecule has 0 spiro atoms. The number of nitrogens with one attached hydrogen (secondary N) is 2. The van der Waals surface area contributed by atoms with E-state index in [0.717, 1.165) is 24.2 Å². The lowest BCUT2D eigenvalue weighted by Crippen LogP contribution is -2.45. The van der Waals surface area contributed by atoms with Crippen LogP contribution in [-0.2, 0) is 20.8 Å². The molecule has 0 unspecified atom stereocenters. The second kappa shape index (κ2) is 8.98. The normalized spacial score (nSPS) is 19.5. The SMILES string of the molecule is O=S(=O)(Nc1cc(O[C@H]2CNOC2)nc(SCc2cccc(F)c2F)n1)N1CCC1. The minimum absolute atomic E-state index is 0.0287. The Labute approximate surface area is 176 Å². The molecule has 1 aromatic heterocycles. The highest BCUT2D eigenvalue weighted by Gasteiger charge is 2.28. The minimum atomic E-state index is -3.74. The molecule has 2 aliphatic rings. The summed E-state index contributed by atoms with van der Waals surface area (Å²) in [6.45, 7) is 1.62. The number of nitrogens with zero attached hydrogens (tertiary/aromatic N) is 3. The highest BCUT2D eigenvalue weighted by atomic mass is 32.2. The summed E-state index contributed by atoms with van der Waals surface area (Å²) in [6, 6.07) is 5.28. The number of aromatic nitrogens is 2. The standard InChI is InChI=1S/C17H19F2N5O4S2/c18-13-4-1-3-11(16(13)19)10-29-17-21-14(23-30(25,26)24-5-2-6-24)7-15(22-17)28-12-8-20-27-9-12/h1,3-4,7,12,20H,2,5-6,8-10H2,(H,21,22,23)/t12-/m0/s1. The maximum atomic E-state index is 13.9. The fourth-order valence-electron chi connectivity index (χ4n) is 2.72. The molecule has 2 aromatic rings. The van der Waals surface area contributed by atoms with Gasteiger partial charge in [0.1, 0.15) is 18.5 Å². The van der Waals surface area contributed by atoms with Crippen LogP contribution in [0, 0.1) is 11.6 Å². The molecule has 1 atom stereocenters. The molecule has 2 fully saturated rings. The van der Waals surface area contributed by atoms with E-state index in [1.54, 1.807) is 0 Å². The van der Waals surface area contributed by atoms with Crippen LogP contribution in [0.1, 0.15) is 12.0 Å². The second-order valence-electron chi connectivity index (χ2n) is 6.63. The maximum absolute atomic E-state index is 13.9. The van der Waals surface area contributed by atoms with Crippen LogP contribution in [0.15, 0.2) is 29.4 Å². The van der Waals surface area contributed by atoms with Gasteiger partial charge in [-0.25, -0.2) is 13.8 Å². The van der Waals surface area contributed by atoms with Crippen molar-refractivity contribution in [3.63, 3.8) is 0 Å². The van der Waals surface area contributed by atoms with Gasteiger partial charge in [-0.3, -0.25) is 9.56 Å². The minimum Gasteiger partial charge on any atom is -0.470 e. The lowest BCUT2D eigenvalue weighted by Gasteiger charge is -2.29. The Balaban J connectivity index is 1.55. The van der Waals surface area contributed by atoms with Crippen molar-refractivity contribution >= 4 is 27.8 Å². The topological polar surface area (TPSA) is 106 Å². The van der Waals surface area contributed by atoms with Crippen LogP contribution in [0.2, 0.25) is 0 Å². The van der Waals surface area contributed by atoms with E-state index in [0.29, 0.717) is 26.2 Å². The summed E-state index contributed by atoms with van der Waals surface area (Å²) in [4.78, 5) is 13.5. The van der Waals surface area contributed by atoms with Gasteiger partial charge in [-0.1, -0.05) is 23.9 Å². The predicted octanol–water partition coefficient (Wildman–Crippen LogP) is 1.69. The zero-order valence-electron chi connectivity index (χ0n) is 15.7. The van der Waals surface area contributed by atoms with E-state index in [9.17, 15) is 17.2 Å². The average molecular weight is 460 g/mol. The van der Waals surface area contributed by atoms with Gasteiger partial charge in [-0.15, -0.1) is 0 Å². The van der Waals surface area contributed by atoms with Crippen LogP contribution in [0.3, 0.4) is 0 Å². The van der Waals surface area contributed by atoms with E-state index in [1.807, 2.05) is 0 Å². The second-order valence-corrected chi connectivity index (χ2v) is 9.25. The molecule has 2 saturated heterocycles. The molecule has 0 amide bonds. The van der Waals surface area contributed by atoms with Crippen molar-refractivity contribution < 1.29 is 26.8 Å². The Morgan fingerprint density at radius 2 is 2.17 bits per heavy atom. The molecule has 0 radical (unpaired) electrons. The van der Waals surface area contributed by atoms with Gasteiger partial charge in [0.2, 0.25) is 5.88 Å². The summed E-state index contributed by atoms with van der Waals surface area (Å²) in [5.41, 5.74) is 2.82. The zero-order valence-corrected chi connectivity index (χ0v) is 17.3. The molecule has 0 bridgehead atoms. The number of ether oxygens (including phenoxy) is 1. The molecule has 2 N–H and O–H groups in total. The van der Waals surface area contributed by atoms with Gasteiger partial charge in [0.15, 0.2) is 16.8 Å². The van der Waals surface area contributed by atoms with Crippen molar-refractivity contribution in [2.24, 2.45) is 0 Å². The molecular weight excluding hydrogens is 440 g/mol. The number of benzene rings is 1. The molecule has 2 aliphatic heterocycles. The van der Waals surface area contributed by atoms with Gasteiger partial charge < -0.3 is 4.74 Å². The van der Waals surface area contributed by atoms with E-state index >= 15 is 0 Å². The van der Waals surface area contributed by atoms with Crippen molar-refractivity contribution in [3.8, 4) is 5.88 Å². The largest absolute Gasteiger partial charge is 0.470 e. The van der Waals surface area contributed by atoms with Gasteiger partial charge in [0.25, 0.3) is 0 Å². The van der Waals surface area contributed by atoms with E-state index < -0.39 is 21.8 Å². The number of anilines is 1. The van der Waals surface area contributed by atoms with E-state index in [-0.39, 0.29) is 34.3 Å².